The van der Waals surface area contributed by atoms with Crippen molar-refractivity contribution in [3.8, 4) is 0 Å². The molecule has 5 nitrogen and oxygen atoms in total. The van der Waals surface area contributed by atoms with Crippen molar-refractivity contribution in [1.29, 1.82) is 0 Å². The van der Waals surface area contributed by atoms with Crippen LogP contribution < -0.4 is 5.32 Å². The van der Waals surface area contributed by atoms with E-state index in [1.54, 1.807) is 0 Å². The summed E-state index contributed by atoms with van der Waals surface area (Å²) in [5, 5.41) is 10.2. The number of rotatable bonds is 2. The second kappa shape index (κ2) is 5.20. The molecule has 1 amide bonds. The summed E-state index contributed by atoms with van der Waals surface area (Å²) in [6, 6.07) is 1.58. The minimum atomic E-state index is 0.0291. The third kappa shape index (κ3) is 2.35. The Bertz CT molecular complexity index is 476. The largest absolute Gasteiger partial charge is 0.349 e. The van der Waals surface area contributed by atoms with E-state index in [4.69, 9.17) is 0 Å². The van der Waals surface area contributed by atoms with E-state index in [1.165, 1.54) is 19.3 Å². The van der Waals surface area contributed by atoms with E-state index in [1.807, 2.05) is 13.8 Å². The van der Waals surface area contributed by atoms with Crippen LogP contribution in [0.3, 0.4) is 0 Å². The van der Waals surface area contributed by atoms with Gasteiger partial charge in [-0.05, 0) is 46.6 Å². The molecule has 0 radical (unpaired) electrons. The zero-order valence-corrected chi connectivity index (χ0v) is 12.6. The predicted octanol–water partition coefficient (Wildman–Crippen LogP) is 1.77. The number of H-pyrrole nitrogens is 1. The van der Waals surface area contributed by atoms with Crippen molar-refractivity contribution in [3.05, 3.63) is 17.0 Å². The van der Waals surface area contributed by atoms with Crippen LogP contribution in [0.5, 0.6) is 0 Å². The van der Waals surface area contributed by atoms with Gasteiger partial charge in [0.25, 0.3) is 5.91 Å². The number of fused-ring (bicyclic) bond motifs is 2. The molecule has 110 valence electrons. The molecule has 2 aliphatic rings. The molecule has 3 heterocycles. The zero-order chi connectivity index (χ0) is 14.3. The lowest BCUT2D eigenvalue weighted by Crippen LogP contribution is -2.55. The highest BCUT2D eigenvalue weighted by molar-refractivity contribution is 5.96. The van der Waals surface area contributed by atoms with Crippen LogP contribution in [0.2, 0.25) is 0 Å². The molecule has 0 aromatic carbocycles. The summed E-state index contributed by atoms with van der Waals surface area (Å²) < 4.78 is 0. The highest BCUT2D eigenvalue weighted by Crippen LogP contribution is 2.32. The number of amides is 1. The van der Waals surface area contributed by atoms with Gasteiger partial charge in [-0.2, -0.15) is 5.10 Å². The van der Waals surface area contributed by atoms with Crippen LogP contribution in [-0.4, -0.2) is 46.2 Å². The number of aromatic amines is 1. The second-order valence-corrected chi connectivity index (χ2v) is 6.35. The molecule has 1 aromatic rings. The summed E-state index contributed by atoms with van der Waals surface area (Å²) in [6.45, 7) is 3.78. The highest BCUT2D eigenvalue weighted by Gasteiger charge is 2.36. The topological polar surface area (TPSA) is 61.0 Å². The van der Waals surface area contributed by atoms with Crippen LogP contribution >= 0.6 is 0 Å². The van der Waals surface area contributed by atoms with Gasteiger partial charge in [-0.1, -0.05) is 6.42 Å². The number of carbonyl (C=O) groups is 1. The van der Waals surface area contributed by atoms with Crippen molar-refractivity contribution in [1.82, 2.24) is 20.4 Å². The molecule has 2 unspecified atom stereocenters. The number of carbonyl (C=O) groups excluding carboxylic acids is 1. The number of aromatic nitrogens is 2. The minimum Gasteiger partial charge on any atom is -0.349 e. The van der Waals surface area contributed by atoms with E-state index in [2.05, 4.69) is 27.5 Å². The van der Waals surface area contributed by atoms with E-state index in [-0.39, 0.29) is 5.91 Å². The Morgan fingerprint density at radius 1 is 1.30 bits per heavy atom. The molecule has 2 aliphatic heterocycles. The van der Waals surface area contributed by atoms with Gasteiger partial charge in [0, 0.05) is 23.8 Å². The molecule has 0 saturated carbocycles. The lowest BCUT2D eigenvalue weighted by Gasteiger charge is -2.47. The molecule has 2 N–H and O–H groups in total. The zero-order valence-electron chi connectivity index (χ0n) is 12.6. The van der Waals surface area contributed by atoms with Crippen LogP contribution in [0.15, 0.2) is 0 Å². The number of hydrogen-bond donors (Lipinski definition) is 2. The Hall–Kier alpha value is -1.36. The fraction of sp³-hybridized carbons (Fsp3) is 0.733. The number of hydrogen-bond acceptors (Lipinski definition) is 3. The van der Waals surface area contributed by atoms with Crippen molar-refractivity contribution in [2.45, 2.75) is 64.1 Å². The fourth-order valence-electron chi connectivity index (χ4n) is 3.88. The summed E-state index contributed by atoms with van der Waals surface area (Å²) in [6.07, 6.45) is 6.02. The third-order valence-corrected chi connectivity index (χ3v) is 5.03. The Balaban J connectivity index is 1.68. The van der Waals surface area contributed by atoms with Gasteiger partial charge in [-0.25, -0.2) is 0 Å². The molecular formula is C15H24N4O. The molecule has 0 aliphatic carbocycles. The molecule has 2 fully saturated rings. The minimum absolute atomic E-state index is 0.0291. The van der Waals surface area contributed by atoms with Crippen molar-refractivity contribution in [2.24, 2.45) is 0 Å². The standard InChI is InChI=1S/C15H24N4O/c1-9-14(10(2)18-17-9)15(20)16-11-7-12-5-4-6-13(8-11)19(12)3/h11-13H,4-8H2,1-3H3,(H,16,20)(H,17,18). The molecular weight excluding hydrogens is 252 g/mol. The van der Waals surface area contributed by atoms with Crippen LogP contribution in [0.4, 0.5) is 0 Å². The van der Waals surface area contributed by atoms with Gasteiger partial charge in [0.05, 0.1) is 11.3 Å². The molecule has 5 heteroatoms. The third-order valence-electron chi connectivity index (χ3n) is 5.03. The van der Waals surface area contributed by atoms with E-state index in [9.17, 15) is 4.79 Å². The van der Waals surface area contributed by atoms with Crippen molar-refractivity contribution in [2.75, 3.05) is 7.05 Å². The first-order valence-corrected chi connectivity index (χ1v) is 7.60. The van der Waals surface area contributed by atoms with Gasteiger partial charge in [0.2, 0.25) is 0 Å². The number of piperidine rings is 2. The Kier molecular flexibility index (Phi) is 3.54. The molecule has 2 bridgehead atoms. The van der Waals surface area contributed by atoms with Gasteiger partial charge in [-0.3, -0.25) is 9.89 Å². The van der Waals surface area contributed by atoms with Gasteiger partial charge in [0.15, 0.2) is 0 Å². The average molecular weight is 276 g/mol. The summed E-state index contributed by atoms with van der Waals surface area (Å²) in [7, 11) is 2.23. The Morgan fingerprint density at radius 3 is 2.50 bits per heavy atom. The quantitative estimate of drug-likeness (QED) is 0.865. The maximum absolute atomic E-state index is 12.4. The number of aryl methyl sites for hydroxylation is 2. The number of nitrogens with zero attached hydrogens (tertiary/aromatic N) is 2. The van der Waals surface area contributed by atoms with Crippen LogP contribution in [0, 0.1) is 13.8 Å². The number of nitrogens with one attached hydrogen (secondary N) is 2. The molecule has 2 saturated heterocycles. The first-order valence-electron chi connectivity index (χ1n) is 7.60. The van der Waals surface area contributed by atoms with Crippen LogP contribution in [0.25, 0.3) is 0 Å². The molecule has 2 atom stereocenters. The van der Waals surface area contributed by atoms with E-state index in [0.717, 1.165) is 24.2 Å². The van der Waals surface area contributed by atoms with Gasteiger partial charge in [-0.15, -0.1) is 0 Å². The van der Waals surface area contributed by atoms with E-state index in [0.29, 0.717) is 23.7 Å². The first kappa shape index (κ1) is 13.6. The molecule has 20 heavy (non-hydrogen) atoms. The summed E-state index contributed by atoms with van der Waals surface area (Å²) in [5.74, 6) is 0.0291. The smallest absolute Gasteiger partial charge is 0.255 e. The molecule has 3 rings (SSSR count). The van der Waals surface area contributed by atoms with E-state index >= 15 is 0 Å². The maximum atomic E-state index is 12.4. The van der Waals surface area contributed by atoms with Crippen molar-refractivity contribution < 1.29 is 4.79 Å². The monoisotopic (exact) mass is 276 g/mol. The summed E-state index contributed by atoms with van der Waals surface area (Å²) >= 11 is 0. The summed E-state index contributed by atoms with van der Waals surface area (Å²) in [4.78, 5) is 14.9. The van der Waals surface area contributed by atoms with E-state index < -0.39 is 0 Å². The lowest BCUT2D eigenvalue weighted by atomic mass is 9.82. The average Bonchev–Trinajstić information content (AvgIpc) is 2.70. The van der Waals surface area contributed by atoms with Gasteiger partial charge < -0.3 is 10.2 Å². The molecule has 0 spiro atoms. The van der Waals surface area contributed by atoms with Gasteiger partial charge >= 0.3 is 0 Å². The van der Waals surface area contributed by atoms with Gasteiger partial charge in [0.1, 0.15) is 0 Å². The Morgan fingerprint density at radius 2 is 1.95 bits per heavy atom. The lowest BCUT2D eigenvalue weighted by molar-refractivity contribution is 0.0463. The predicted molar refractivity (Wildman–Crippen MR) is 77.7 cm³/mol. The van der Waals surface area contributed by atoms with Crippen molar-refractivity contribution in [3.63, 3.8) is 0 Å². The SMILES string of the molecule is Cc1n[nH]c(C)c1C(=O)NC1CC2CCCC(C1)N2C. The van der Waals surface area contributed by atoms with Crippen LogP contribution in [0.1, 0.15) is 53.8 Å². The Labute approximate surface area is 120 Å². The highest BCUT2D eigenvalue weighted by atomic mass is 16.1. The second-order valence-electron chi connectivity index (χ2n) is 6.35. The van der Waals surface area contributed by atoms with Crippen molar-refractivity contribution >= 4 is 5.91 Å². The maximum Gasteiger partial charge on any atom is 0.255 e. The fourth-order valence-corrected chi connectivity index (χ4v) is 3.88. The summed E-state index contributed by atoms with van der Waals surface area (Å²) in [5.41, 5.74) is 2.36. The first-order chi connectivity index (χ1) is 9.56. The molecule has 1 aromatic heterocycles. The van der Waals surface area contributed by atoms with Crippen LogP contribution in [-0.2, 0) is 0 Å². The normalized spacial score (nSPS) is 30.2.